The predicted octanol–water partition coefficient (Wildman–Crippen LogP) is 3.24. The molecule has 12 heavy (non-hydrogen) atoms. The van der Waals surface area contributed by atoms with Crippen LogP contribution in [-0.4, -0.2) is 12.7 Å². The molecule has 1 saturated heterocycles. The summed E-state index contributed by atoms with van der Waals surface area (Å²) in [5.74, 6) is 1.64. The Kier molecular flexibility index (Phi) is 4.07. The maximum Gasteiger partial charge on any atom is 0.0606 e. The minimum absolute atomic E-state index is 0.574. The fourth-order valence-corrected chi connectivity index (χ4v) is 2.27. The summed E-state index contributed by atoms with van der Waals surface area (Å²) in [6, 6.07) is 0. The van der Waals surface area contributed by atoms with Crippen molar-refractivity contribution >= 4 is 0 Å². The van der Waals surface area contributed by atoms with Crippen molar-refractivity contribution in [2.24, 2.45) is 11.8 Å². The summed E-state index contributed by atoms with van der Waals surface area (Å²) < 4.78 is 5.77. The molecule has 3 atom stereocenters. The van der Waals surface area contributed by atoms with Gasteiger partial charge >= 0.3 is 0 Å². The zero-order valence-corrected chi connectivity index (χ0v) is 8.68. The molecule has 0 radical (unpaired) electrons. The Morgan fingerprint density at radius 1 is 1.17 bits per heavy atom. The highest BCUT2D eigenvalue weighted by Gasteiger charge is 2.32. The van der Waals surface area contributed by atoms with Crippen LogP contribution in [0.4, 0.5) is 0 Å². The molecule has 72 valence electrons. The van der Waals surface area contributed by atoms with E-state index in [1.54, 1.807) is 0 Å². The largest absolute Gasteiger partial charge is 0.378 e. The number of rotatable bonds is 4. The summed E-state index contributed by atoms with van der Waals surface area (Å²) in [6.45, 7) is 7.84. The summed E-state index contributed by atoms with van der Waals surface area (Å²) in [7, 11) is 0. The maximum atomic E-state index is 5.77. The van der Waals surface area contributed by atoms with E-state index in [1.807, 2.05) is 0 Å². The second kappa shape index (κ2) is 4.86. The molecule has 2 unspecified atom stereocenters. The van der Waals surface area contributed by atoms with Gasteiger partial charge in [0.05, 0.1) is 6.10 Å². The van der Waals surface area contributed by atoms with Crippen LogP contribution in [-0.2, 0) is 4.74 Å². The van der Waals surface area contributed by atoms with Gasteiger partial charge in [0.1, 0.15) is 0 Å². The lowest BCUT2D eigenvalue weighted by atomic mass is 9.86. The molecule has 0 aromatic rings. The molecular weight excluding hydrogens is 148 g/mol. The fourth-order valence-electron chi connectivity index (χ4n) is 2.27. The van der Waals surface area contributed by atoms with Gasteiger partial charge in [0, 0.05) is 6.61 Å². The Balaban J connectivity index is 2.39. The first kappa shape index (κ1) is 10.0. The topological polar surface area (TPSA) is 9.23 Å². The van der Waals surface area contributed by atoms with Gasteiger partial charge in [-0.2, -0.15) is 0 Å². The van der Waals surface area contributed by atoms with E-state index in [4.69, 9.17) is 4.74 Å². The van der Waals surface area contributed by atoms with Gasteiger partial charge in [0.15, 0.2) is 0 Å². The molecule has 0 spiro atoms. The number of hydrogen-bond donors (Lipinski definition) is 0. The van der Waals surface area contributed by atoms with Gasteiger partial charge in [-0.3, -0.25) is 0 Å². The van der Waals surface area contributed by atoms with Gasteiger partial charge in [-0.1, -0.05) is 33.6 Å². The maximum absolute atomic E-state index is 5.77. The van der Waals surface area contributed by atoms with Crippen molar-refractivity contribution in [3.05, 3.63) is 0 Å². The Morgan fingerprint density at radius 3 is 2.42 bits per heavy atom. The minimum atomic E-state index is 0.574. The van der Waals surface area contributed by atoms with Crippen molar-refractivity contribution in [2.45, 2.75) is 52.6 Å². The molecule has 1 aliphatic heterocycles. The zero-order valence-electron chi connectivity index (χ0n) is 8.68. The van der Waals surface area contributed by atoms with Crippen LogP contribution in [0.2, 0.25) is 0 Å². The molecule has 1 fully saturated rings. The molecule has 0 saturated carbocycles. The molecule has 0 bridgehead atoms. The molecule has 0 aliphatic carbocycles. The Hall–Kier alpha value is -0.0400. The van der Waals surface area contributed by atoms with E-state index in [9.17, 15) is 0 Å². The zero-order chi connectivity index (χ0) is 8.97. The van der Waals surface area contributed by atoms with Crippen molar-refractivity contribution < 1.29 is 4.74 Å². The standard InChI is InChI=1S/C11H22O/c1-4-6-10-9(3)8-12-11(10)7-5-2/h9-11H,4-8H2,1-3H3/t9-,10?,11?/m1/s1. The number of hydrogen-bond acceptors (Lipinski definition) is 1. The average molecular weight is 170 g/mol. The Bertz CT molecular complexity index is 120. The second-order valence-corrected chi connectivity index (χ2v) is 4.09. The molecule has 0 amide bonds. The van der Waals surface area contributed by atoms with Crippen LogP contribution in [0.25, 0.3) is 0 Å². The summed E-state index contributed by atoms with van der Waals surface area (Å²) in [5, 5.41) is 0. The molecule has 1 rings (SSSR count). The first-order valence-corrected chi connectivity index (χ1v) is 5.41. The van der Waals surface area contributed by atoms with E-state index in [0.717, 1.165) is 18.4 Å². The lowest BCUT2D eigenvalue weighted by Gasteiger charge is -2.19. The summed E-state index contributed by atoms with van der Waals surface area (Å²) in [6.07, 6.45) is 5.75. The minimum Gasteiger partial charge on any atom is -0.378 e. The van der Waals surface area contributed by atoms with Gasteiger partial charge in [0.2, 0.25) is 0 Å². The van der Waals surface area contributed by atoms with Gasteiger partial charge in [-0.05, 0) is 24.7 Å². The van der Waals surface area contributed by atoms with Gasteiger partial charge in [-0.25, -0.2) is 0 Å². The van der Waals surface area contributed by atoms with Crippen molar-refractivity contribution in [3.63, 3.8) is 0 Å². The first-order valence-electron chi connectivity index (χ1n) is 5.41. The van der Waals surface area contributed by atoms with Crippen LogP contribution in [0.1, 0.15) is 46.5 Å². The smallest absolute Gasteiger partial charge is 0.0606 e. The summed E-state index contributed by atoms with van der Waals surface area (Å²) in [5.41, 5.74) is 0. The number of ether oxygens (including phenoxy) is 1. The molecule has 1 nitrogen and oxygen atoms in total. The van der Waals surface area contributed by atoms with Crippen LogP contribution >= 0.6 is 0 Å². The van der Waals surface area contributed by atoms with E-state index in [-0.39, 0.29) is 0 Å². The van der Waals surface area contributed by atoms with E-state index in [0.29, 0.717) is 6.10 Å². The van der Waals surface area contributed by atoms with Crippen molar-refractivity contribution in [1.82, 2.24) is 0 Å². The Labute approximate surface area is 76.5 Å². The van der Waals surface area contributed by atoms with Crippen LogP contribution in [0.15, 0.2) is 0 Å². The third-order valence-electron chi connectivity index (χ3n) is 2.98. The molecule has 0 aromatic carbocycles. The summed E-state index contributed by atoms with van der Waals surface area (Å²) in [4.78, 5) is 0. The highest BCUT2D eigenvalue weighted by Crippen LogP contribution is 2.32. The highest BCUT2D eigenvalue weighted by molar-refractivity contribution is 4.80. The third-order valence-corrected chi connectivity index (χ3v) is 2.98. The third kappa shape index (κ3) is 2.22. The Morgan fingerprint density at radius 2 is 1.83 bits per heavy atom. The lowest BCUT2D eigenvalue weighted by molar-refractivity contribution is 0.0805. The van der Waals surface area contributed by atoms with E-state index >= 15 is 0 Å². The van der Waals surface area contributed by atoms with E-state index in [1.165, 1.54) is 25.7 Å². The molecule has 0 N–H and O–H groups in total. The van der Waals surface area contributed by atoms with Crippen molar-refractivity contribution in [2.75, 3.05) is 6.61 Å². The normalized spacial score (nSPS) is 35.8. The molecule has 1 heteroatoms. The van der Waals surface area contributed by atoms with Crippen molar-refractivity contribution in [1.29, 1.82) is 0 Å². The highest BCUT2D eigenvalue weighted by atomic mass is 16.5. The van der Waals surface area contributed by atoms with E-state index in [2.05, 4.69) is 20.8 Å². The van der Waals surface area contributed by atoms with Gasteiger partial charge < -0.3 is 4.74 Å². The molecule has 1 aliphatic rings. The van der Waals surface area contributed by atoms with E-state index < -0.39 is 0 Å². The quantitative estimate of drug-likeness (QED) is 0.629. The molecule has 1 heterocycles. The molecular formula is C11H22O. The fraction of sp³-hybridized carbons (Fsp3) is 1.00. The van der Waals surface area contributed by atoms with Crippen LogP contribution in [0, 0.1) is 11.8 Å². The monoisotopic (exact) mass is 170 g/mol. The molecule has 0 aromatic heterocycles. The average Bonchev–Trinajstić information content (AvgIpc) is 2.37. The SMILES string of the molecule is CCCC1OC[C@@H](C)C1CCC. The lowest BCUT2D eigenvalue weighted by Crippen LogP contribution is -2.18. The van der Waals surface area contributed by atoms with Crippen LogP contribution < -0.4 is 0 Å². The van der Waals surface area contributed by atoms with Crippen molar-refractivity contribution in [3.8, 4) is 0 Å². The second-order valence-electron chi connectivity index (χ2n) is 4.09. The van der Waals surface area contributed by atoms with Gasteiger partial charge in [0.25, 0.3) is 0 Å². The summed E-state index contributed by atoms with van der Waals surface area (Å²) >= 11 is 0. The van der Waals surface area contributed by atoms with Crippen LogP contribution in [0.3, 0.4) is 0 Å². The van der Waals surface area contributed by atoms with Crippen LogP contribution in [0.5, 0.6) is 0 Å². The first-order chi connectivity index (χ1) is 5.79. The van der Waals surface area contributed by atoms with Gasteiger partial charge in [-0.15, -0.1) is 0 Å². The predicted molar refractivity (Wildman–Crippen MR) is 52.2 cm³/mol.